The number of fused-ring (bicyclic) bond motifs is 2. The predicted molar refractivity (Wildman–Crippen MR) is 128 cm³/mol. The van der Waals surface area contributed by atoms with Gasteiger partial charge in [0, 0.05) is 10.5 Å². The molecule has 0 radical (unpaired) electrons. The smallest absolute Gasteiger partial charge is 0.0335 e. The van der Waals surface area contributed by atoms with E-state index in [4.69, 9.17) is 0 Å². The Morgan fingerprint density at radius 2 is 1.00 bits per heavy atom. The molecule has 0 saturated carbocycles. The number of benzene rings is 4. The van der Waals surface area contributed by atoms with E-state index in [0.717, 1.165) is 12.8 Å². The van der Waals surface area contributed by atoms with Gasteiger partial charge in [0.1, 0.15) is 0 Å². The molecule has 0 spiro atoms. The predicted octanol–water partition coefficient (Wildman–Crippen LogP) is 7.60. The molecule has 0 N–H and O–H groups in total. The van der Waals surface area contributed by atoms with Gasteiger partial charge in [0.05, 0.1) is 0 Å². The van der Waals surface area contributed by atoms with Crippen molar-refractivity contribution in [3.05, 3.63) is 95.1 Å². The standard InChI is InChI=1S/C26H24S2/c1-27-25-13-17-3-5-19-6-4-18(12-24(19)11-17)14-26(28-2)23-10-8-20-15-22(25)9-7-21(20)16-23/h3-12,15-16,25-26H,13-14H2,1-2H3. The summed E-state index contributed by atoms with van der Waals surface area (Å²) in [6.45, 7) is 0. The third-order valence-corrected chi connectivity index (χ3v) is 8.03. The van der Waals surface area contributed by atoms with E-state index in [1.165, 1.54) is 43.8 Å². The van der Waals surface area contributed by atoms with Crippen LogP contribution >= 0.6 is 23.5 Å². The zero-order valence-electron chi connectivity index (χ0n) is 16.3. The van der Waals surface area contributed by atoms with Gasteiger partial charge in [0.15, 0.2) is 0 Å². The number of hydrogen-bond acceptors (Lipinski definition) is 2. The first-order valence-corrected chi connectivity index (χ1v) is 12.4. The highest BCUT2D eigenvalue weighted by atomic mass is 32.2. The summed E-state index contributed by atoms with van der Waals surface area (Å²) in [6, 6.07) is 28.1. The van der Waals surface area contributed by atoms with Crippen molar-refractivity contribution in [1.29, 1.82) is 0 Å². The van der Waals surface area contributed by atoms with Crippen LogP contribution in [0.15, 0.2) is 72.8 Å². The van der Waals surface area contributed by atoms with Crippen LogP contribution in [0, 0.1) is 0 Å². The van der Waals surface area contributed by atoms with Crippen LogP contribution in [0.4, 0.5) is 0 Å². The highest BCUT2D eigenvalue weighted by molar-refractivity contribution is 7.99. The molecule has 2 heteroatoms. The lowest BCUT2D eigenvalue weighted by Gasteiger charge is -2.17. The van der Waals surface area contributed by atoms with Gasteiger partial charge in [-0.1, -0.05) is 72.8 Å². The van der Waals surface area contributed by atoms with Gasteiger partial charge in [0.2, 0.25) is 0 Å². The SMILES string of the molecule is CSC1Cc2ccc3ccc(cc3c2)CC(SC)c2ccc3cc1ccc3c2. The van der Waals surface area contributed by atoms with Gasteiger partial charge in [-0.15, -0.1) is 0 Å². The summed E-state index contributed by atoms with van der Waals surface area (Å²) in [5.41, 5.74) is 5.71. The molecule has 28 heavy (non-hydrogen) atoms. The van der Waals surface area contributed by atoms with E-state index in [-0.39, 0.29) is 0 Å². The van der Waals surface area contributed by atoms with E-state index in [9.17, 15) is 0 Å². The van der Waals surface area contributed by atoms with Crippen molar-refractivity contribution in [2.75, 3.05) is 12.5 Å². The van der Waals surface area contributed by atoms with Gasteiger partial charge in [-0.3, -0.25) is 0 Å². The molecule has 0 aromatic heterocycles. The fourth-order valence-electron chi connectivity index (χ4n) is 4.39. The third-order valence-electron chi connectivity index (χ3n) is 6.01. The lowest BCUT2D eigenvalue weighted by atomic mass is 9.98. The minimum Gasteiger partial charge on any atom is -0.157 e. The molecule has 0 fully saturated rings. The molecule has 0 aliphatic heterocycles. The van der Waals surface area contributed by atoms with Gasteiger partial charge in [-0.2, -0.15) is 23.5 Å². The minimum atomic E-state index is 0.480. The molecule has 4 aromatic rings. The van der Waals surface area contributed by atoms with Crippen LogP contribution in [0.25, 0.3) is 21.5 Å². The van der Waals surface area contributed by atoms with Crippen LogP contribution in [0.2, 0.25) is 0 Å². The Morgan fingerprint density at radius 3 is 1.46 bits per heavy atom. The second kappa shape index (κ2) is 7.50. The van der Waals surface area contributed by atoms with Crippen LogP contribution < -0.4 is 0 Å². The molecule has 3 aliphatic rings. The second-order valence-corrected chi connectivity index (χ2v) is 9.82. The monoisotopic (exact) mass is 400 g/mol. The van der Waals surface area contributed by atoms with Crippen molar-refractivity contribution >= 4 is 45.1 Å². The van der Waals surface area contributed by atoms with Crippen LogP contribution in [0.3, 0.4) is 0 Å². The van der Waals surface area contributed by atoms with E-state index in [0.29, 0.717) is 10.5 Å². The minimum absolute atomic E-state index is 0.480. The number of rotatable bonds is 2. The molecule has 7 bridgehead atoms. The Kier molecular flexibility index (Phi) is 4.86. The van der Waals surface area contributed by atoms with Crippen LogP contribution in [0.1, 0.15) is 32.8 Å². The average Bonchev–Trinajstić information content (AvgIpc) is 2.74. The molecule has 140 valence electrons. The van der Waals surface area contributed by atoms with Crippen molar-refractivity contribution in [1.82, 2.24) is 0 Å². The Hall–Kier alpha value is -1.90. The van der Waals surface area contributed by atoms with E-state index < -0.39 is 0 Å². The molecule has 7 rings (SSSR count). The Morgan fingerprint density at radius 1 is 0.536 bits per heavy atom. The van der Waals surface area contributed by atoms with Gasteiger partial charge in [0.25, 0.3) is 0 Å². The molecular formula is C26H24S2. The maximum absolute atomic E-state index is 2.40. The van der Waals surface area contributed by atoms with Crippen molar-refractivity contribution in [2.45, 2.75) is 23.3 Å². The molecule has 0 saturated heterocycles. The third kappa shape index (κ3) is 3.33. The Bertz CT molecular complexity index is 1070. The quantitative estimate of drug-likeness (QED) is 0.340. The van der Waals surface area contributed by atoms with Gasteiger partial charge >= 0.3 is 0 Å². The molecule has 2 unspecified atom stereocenters. The zero-order chi connectivity index (χ0) is 19.1. The lowest BCUT2D eigenvalue weighted by Crippen LogP contribution is -1.99. The number of thioether (sulfide) groups is 2. The molecule has 0 nitrogen and oxygen atoms in total. The van der Waals surface area contributed by atoms with Crippen LogP contribution in [0.5, 0.6) is 0 Å². The van der Waals surface area contributed by atoms with Crippen molar-refractivity contribution in [2.24, 2.45) is 0 Å². The van der Waals surface area contributed by atoms with Crippen molar-refractivity contribution in [3.8, 4) is 0 Å². The van der Waals surface area contributed by atoms with Crippen molar-refractivity contribution in [3.63, 3.8) is 0 Å². The Labute approximate surface area is 175 Å². The van der Waals surface area contributed by atoms with Gasteiger partial charge < -0.3 is 0 Å². The first-order valence-electron chi connectivity index (χ1n) is 9.84. The maximum atomic E-state index is 2.40. The lowest BCUT2D eigenvalue weighted by molar-refractivity contribution is 0.938. The molecule has 0 amide bonds. The fourth-order valence-corrected chi connectivity index (χ4v) is 5.94. The van der Waals surface area contributed by atoms with Crippen molar-refractivity contribution < 1.29 is 0 Å². The highest BCUT2D eigenvalue weighted by Crippen LogP contribution is 2.37. The van der Waals surface area contributed by atoms with E-state index >= 15 is 0 Å². The summed E-state index contributed by atoms with van der Waals surface area (Å²) in [5, 5.41) is 6.38. The Balaban J connectivity index is 1.73. The number of hydrogen-bond donors (Lipinski definition) is 0. The van der Waals surface area contributed by atoms with E-state index in [2.05, 4.69) is 85.3 Å². The first kappa shape index (κ1) is 18.1. The van der Waals surface area contributed by atoms with E-state index in [1.54, 1.807) is 0 Å². The van der Waals surface area contributed by atoms with E-state index in [1.807, 2.05) is 23.5 Å². The topological polar surface area (TPSA) is 0 Å². The summed E-state index contributed by atoms with van der Waals surface area (Å²) in [4.78, 5) is 0. The van der Waals surface area contributed by atoms with Gasteiger partial charge in [-0.05, 0) is 69.2 Å². The second-order valence-electron chi connectivity index (χ2n) is 7.74. The zero-order valence-corrected chi connectivity index (χ0v) is 17.9. The molecule has 2 atom stereocenters. The summed E-state index contributed by atoms with van der Waals surface area (Å²) in [6.07, 6.45) is 6.60. The average molecular weight is 401 g/mol. The summed E-state index contributed by atoms with van der Waals surface area (Å²) < 4.78 is 0. The molecular weight excluding hydrogens is 376 g/mol. The summed E-state index contributed by atoms with van der Waals surface area (Å²) >= 11 is 3.90. The normalized spacial score (nSPS) is 19.1. The maximum Gasteiger partial charge on any atom is 0.0335 e. The molecule has 0 heterocycles. The fraction of sp³-hybridized carbons (Fsp3) is 0.231. The first-order chi connectivity index (χ1) is 13.7. The molecule has 4 aromatic carbocycles. The van der Waals surface area contributed by atoms with Gasteiger partial charge in [-0.25, -0.2) is 0 Å². The molecule has 3 aliphatic carbocycles. The highest BCUT2D eigenvalue weighted by Gasteiger charge is 2.16. The van der Waals surface area contributed by atoms with Crippen LogP contribution in [-0.4, -0.2) is 12.5 Å². The largest absolute Gasteiger partial charge is 0.157 e. The van der Waals surface area contributed by atoms with Crippen LogP contribution in [-0.2, 0) is 12.8 Å². The summed E-state index contributed by atoms with van der Waals surface area (Å²) in [5.74, 6) is 0. The summed E-state index contributed by atoms with van der Waals surface area (Å²) in [7, 11) is 0.